The molecule has 0 atom stereocenters. The summed E-state index contributed by atoms with van der Waals surface area (Å²) in [7, 11) is 0. The lowest BCUT2D eigenvalue weighted by atomic mass is 10.2. The Morgan fingerprint density at radius 3 is 2.45 bits per heavy atom. The topological polar surface area (TPSA) is 32.3 Å². The molecule has 110 valence electrons. The van der Waals surface area contributed by atoms with Gasteiger partial charge in [0.05, 0.1) is 0 Å². The summed E-state index contributed by atoms with van der Waals surface area (Å²) < 4.78 is 0. The predicted molar refractivity (Wildman–Crippen MR) is 84.3 cm³/mol. The molecule has 0 aliphatic carbocycles. The van der Waals surface area contributed by atoms with Crippen molar-refractivity contribution in [3.05, 3.63) is 29.7 Å². The van der Waals surface area contributed by atoms with Gasteiger partial charge in [-0.15, -0.1) is 0 Å². The van der Waals surface area contributed by atoms with Gasteiger partial charge in [-0.2, -0.15) is 0 Å². The fourth-order valence-electron chi connectivity index (χ4n) is 2.51. The zero-order valence-electron chi connectivity index (χ0n) is 13.2. The highest BCUT2D eigenvalue weighted by Crippen LogP contribution is 2.18. The molecule has 1 fully saturated rings. The number of piperazine rings is 1. The third kappa shape index (κ3) is 3.79. The predicted octanol–water partition coefficient (Wildman–Crippen LogP) is 2.61. The summed E-state index contributed by atoms with van der Waals surface area (Å²) in [4.78, 5) is 14.1. The molecule has 20 heavy (non-hydrogen) atoms. The zero-order chi connectivity index (χ0) is 14.7. The minimum Gasteiger partial charge on any atom is -0.354 e. The van der Waals surface area contributed by atoms with Crippen LogP contribution in [0.1, 0.15) is 38.2 Å². The van der Waals surface area contributed by atoms with Gasteiger partial charge in [0.15, 0.2) is 0 Å². The molecule has 2 heterocycles. The molecule has 0 aromatic carbocycles. The lowest BCUT2D eigenvalue weighted by Gasteiger charge is -2.35. The Bertz CT molecular complexity index is 473. The molecule has 0 N–H and O–H groups in total. The van der Waals surface area contributed by atoms with Crippen molar-refractivity contribution in [2.24, 2.45) is 0 Å². The number of nitrogens with zero attached hydrogens (tertiary/aromatic N) is 4. The van der Waals surface area contributed by atoms with Crippen LogP contribution in [-0.4, -0.2) is 47.6 Å². The second-order valence-electron chi connectivity index (χ2n) is 6.10. The lowest BCUT2D eigenvalue weighted by Crippen LogP contribution is -2.47. The van der Waals surface area contributed by atoms with Crippen molar-refractivity contribution in [1.82, 2.24) is 14.9 Å². The molecule has 1 aliphatic heterocycles. The van der Waals surface area contributed by atoms with Gasteiger partial charge in [0, 0.05) is 50.4 Å². The fraction of sp³-hybridized carbons (Fsp3) is 0.625. The second-order valence-corrected chi connectivity index (χ2v) is 6.10. The molecule has 1 aliphatic rings. The third-order valence-corrected chi connectivity index (χ3v) is 3.56. The van der Waals surface area contributed by atoms with Crippen LogP contribution in [0.25, 0.3) is 0 Å². The van der Waals surface area contributed by atoms with Gasteiger partial charge in [-0.25, -0.2) is 9.97 Å². The largest absolute Gasteiger partial charge is 0.354 e. The maximum Gasteiger partial charge on any atom is 0.133 e. The van der Waals surface area contributed by atoms with E-state index in [0.29, 0.717) is 5.92 Å². The highest BCUT2D eigenvalue weighted by atomic mass is 15.3. The van der Waals surface area contributed by atoms with Gasteiger partial charge in [-0.3, -0.25) is 4.90 Å². The van der Waals surface area contributed by atoms with Crippen molar-refractivity contribution in [3.8, 4) is 0 Å². The molecule has 0 radical (unpaired) electrons. The molecule has 0 saturated carbocycles. The van der Waals surface area contributed by atoms with Crippen LogP contribution in [-0.2, 0) is 0 Å². The molecule has 0 amide bonds. The van der Waals surface area contributed by atoms with E-state index in [-0.39, 0.29) is 0 Å². The summed E-state index contributed by atoms with van der Waals surface area (Å²) in [6.07, 6.45) is 0. The van der Waals surface area contributed by atoms with Crippen LogP contribution < -0.4 is 4.90 Å². The lowest BCUT2D eigenvalue weighted by molar-refractivity contribution is 0.278. The second kappa shape index (κ2) is 6.35. The number of aromatic nitrogens is 2. The van der Waals surface area contributed by atoms with E-state index in [9.17, 15) is 0 Å². The molecular weight excluding hydrogens is 248 g/mol. The van der Waals surface area contributed by atoms with Gasteiger partial charge in [0.2, 0.25) is 0 Å². The van der Waals surface area contributed by atoms with Crippen molar-refractivity contribution in [3.63, 3.8) is 0 Å². The molecule has 0 spiro atoms. The van der Waals surface area contributed by atoms with E-state index in [2.05, 4.69) is 48.2 Å². The zero-order valence-corrected chi connectivity index (χ0v) is 13.2. The van der Waals surface area contributed by atoms with E-state index >= 15 is 0 Å². The Hall–Kier alpha value is -1.42. The van der Waals surface area contributed by atoms with Crippen LogP contribution in [0.2, 0.25) is 0 Å². The SMILES string of the molecule is C=C(C)CN1CCN(c2cc(C)nc(C(C)C)n2)CC1. The standard InChI is InChI=1S/C16H26N4/c1-12(2)11-19-6-8-20(9-7-19)15-10-14(5)17-16(18-15)13(3)4/h10,13H,1,6-9,11H2,2-5H3. The molecule has 1 saturated heterocycles. The van der Waals surface area contributed by atoms with Gasteiger partial charge >= 0.3 is 0 Å². The normalized spacial score (nSPS) is 16.8. The Labute approximate surface area is 122 Å². The average molecular weight is 274 g/mol. The first kappa shape index (κ1) is 15.0. The van der Waals surface area contributed by atoms with Gasteiger partial charge in [-0.05, 0) is 13.8 Å². The molecule has 0 unspecified atom stereocenters. The van der Waals surface area contributed by atoms with Crippen LogP contribution in [0.15, 0.2) is 18.2 Å². The molecule has 4 nitrogen and oxygen atoms in total. The van der Waals surface area contributed by atoms with Gasteiger partial charge in [-0.1, -0.05) is 26.0 Å². The molecule has 1 aromatic rings. The summed E-state index contributed by atoms with van der Waals surface area (Å²) in [5.41, 5.74) is 2.29. The molecule has 0 bridgehead atoms. The first-order valence-electron chi connectivity index (χ1n) is 7.43. The van der Waals surface area contributed by atoms with Gasteiger partial charge < -0.3 is 4.90 Å². The van der Waals surface area contributed by atoms with Gasteiger partial charge in [0.25, 0.3) is 0 Å². The summed E-state index contributed by atoms with van der Waals surface area (Å²) in [5.74, 6) is 2.40. The minimum absolute atomic E-state index is 0.373. The fourth-order valence-corrected chi connectivity index (χ4v) is 2.51. The highest BCUT2D eigenvalue weighted by molar-refractivity contribution is 5.40. The number of hydrogen-bond donors (Lipinski definition) is 0. The Morgan fingerprint density at radius 1 is 1.25 bits per heavy atom. The van der Waals surface area contributed by atoms with Crippen LogP contribution in [0.5, 0.6) is 0 Å². The van der Waals surface area contributed by atoms with Crippen LogP contribution >= 0.6 is 0 Å². The van der Waals surface area contributed by atoms with Crippen LogP contribution in [0, 0.1) is 6.92 Å². The molecular formula is C16H26N4. The minimum atomic E-state index is 0.373. The number of rotatable bonds is 4. The summed E-state index contributed by atoms with van der Waals surface area (Å²) in [6.45, 7) is 17.6. The van der Waals surface area contributed by atoms with Crippen molar-refractivity contribution >= 4 is 5.82 Å². The van der Waals surface area contributed by atoms with E-state index < -0.39 is 0 Å². The van der Waals surface area contributed by atoms with Crippen molar-refractivity contribution < 1.29 is 0 Å². The Balaban J connectivity index is 2.05. The quantitative estimate of drug-likeness (QED) is 0.790. The van der Waals surface area contributed by atoms with Crippen molar-refractivity contribution in [2.75, 3.05) is 37.6 Å². The number of aryl methyl sites for hydroxylation is 1. The van der Waals surface area contributed by atoms with E-state index in [0.717, 1.165) is 50.1 Å². The number of hydrogen-bond acceptors (Lipinski definition) is 4. The molecule has 4 heteroatoms. The molecule has 1 aromatic heterocycles. The maximum absolute atomic E-state index is 4.72. The highest BCUT2D eigenvalue weighted by Gasteiger charge is 2.19. The van der Waals surface area contributed by atoms with E-state index in [1.54, 1.807) is 0 Å². The van der Waals surface area contributed by atoms with Crippen LogP contribution in [0.3, 0.4) is 0 Å². The van der Waals surface area contributed by atoms with E-state index in [1.165, 1.54) is 5.57 Å². The van der Waals surface area contributed by atoms with Crippen LogP contribution in [0.4, 0.5) is 5.82 Å². The Morgan fingerprint density at radius 2 is 1.90 bits per heavy atom. The Kier molecular flexibility index (Phi) is 4.76. The first-order valence-corrected chi connectivity index (χ1v) is 7.43. The summed E-state index contributed by atoms with van der Waals surface area (Å²) in [6, 6.07) is 2.10. The van der Waals surface area contributed by atoms with Crippen molar-refractivity contribution in [1.29, 1.82) is 0 Å². The first-order chi connectivity index (χ1) is 9.45. The third-order valence-electron chi connectivity index (χ3n) is 3.56. The van der Waals surface area contributed by atoms with Gasteiger partial charge in [0.1, 0.15) is 11.6 Å². The number of anilines is 1. The molecule has 2 rings (SSSR count). The summed E-state index contributed by atoms with van der Waals surface area (Å²) in [5, 5.41) is 0. The van der Waals surface area contributed by atoms with Crippen molar-refractivity contribution in [2.45, 2.75) is 33.6 Å². The monoisotopic (exact) mass is 274 g/mol. The summed E-state index contributed by atoms with van der Waals surface area (Å²) >= 11 is 0. The average Bonchev–Trinajstić information content (AvgIpc) is 2.38. The van der Waals surface area contributed by atoms with E-state index in [4.69, 9.17) is 4.98 Å². The van der Waals surface area contributed by atoms with E-state index in [1.807, 2.05) is 6.92 Å². The smallest absolute Gasteiger partial charge is 0.133 e. The maximum atomic E-state index is 4.72.